The summed E-state index contributed by atoms with van der Waals surface area (Å²) >= 11 is 0. The van der Waals surface area contributed by atoms with Gasteiger partial charge < -0.3 is 9.47 Å². The van der Waals surface area contributed by atoms with Crippen LogP contribution in [-0.4, -0.2) is 39.4 Å². The first-order valence-corrected chi connectivity index (χ1v) is 8.12. The number of hydrogen-bond acceptors (Lipinski definition) is 5. The van der Waals surface area contributed by atoms with Crippen LogP contribution in [0.3, 0.4) is 0 Å². The van der Waals surface area contributed by atoms with Crippen LogP contribution in [-0.2, 0) is 9.47 Å². The molecule has 1 aliphatic heterocycles. The highest BCUT2D eigenvalue weighted by Crippen LogP contribution is 2.53. The number of esters is 1. The van der Waals surface area contributed by atoms with Gasteiger partial charge >= 0.3 is 5.97 Å². The molecule has 23 heavy (non-hydrogen) atoms. The lowest BCUT2D eigenvalue weighted by Gasteiger charge is -2.58. The zero-order valence-corrected chi connectivity index (χ0v) is 13.7. The Balaban J connectivity index is 1.55. The average Bonchev–Trinajstić information content (AvgIpc) is 2.93. The zero-order chi connectivity index (χ0) is 16.2. The summed E-state index contributed by atoms with van der Waals surface area (Å²) in [6, 6.07) is 3.53. The van der Waals surface area contributed by atoms with E-state index in [0.717, 1.165) is 30.9 Å². The number of carbonyl (C=O) groups excluding carboxylic acids is 1. The van der Waals surface area contributed by atoms with Gasteiger partial charge in [-0.25, -0.2) is 4.79 Å². The lowest BCUT2D eigenvalue weighted by Crippen LogP contribution is -2.65. The maximum Gasteiger partial charge on any atom is 0.339 e. The van der Waals surface area contributed by atoms with E-state index >= 15 is 0 Å². The van der Waals surface area contributed by atoms with E-state index < -0.39 is 0 Å². The second-order valence-electron chi connectivity index (χ2n) is 7.14. The van der Waals surface area contributed by atoms with E-state index in [-0.39, 0.29) is 23.6 Å². The van der Waals surface area contributed by atoms with Crippen molar-refractivity contribution in [2.45, 2.75) is 45.8 Å². The molecule has 1 saturated carbocycles. The normalized spacial score (nSPS) is 28.9. The van der Waals surface area contributed by atoms with Crippen LogP contribution in [0.15, 0.2) is 18.3 Å². The Bertz CT molecular complexity index is 768. The minimum absolute atomic E-state index is 0.0852. The number of carbonyl (C=O) groups is 1. The molecule has 0 unspecified atom stereocenters. The second kappa shape index (κ2) is 5.03. The summed E-state index contributed by atoms with van der Waals surface area (Å²) in [6.45, 7) is 6.90. The quantitative estimate of drug-likeness (QED) is 0.796. The number of ether oxygens (including phenoxy) is 2. The van der Waals surface area contributed by atoms with Crippen LogP contribution in [0.5, 0.6) is 0 Å². The topological polar surface area (TPSA) is 65.7 Å². The average molecular weight is 315 g/mol. The highest BCUT2D eigenvalue weighted by molar-refractivity contribution is 5.89. The Morgan fingerprint density at radius 2 is 2.22 bits per heavy atom. The Morgan fingerprint density at radius 3 is 3.04 bits per heavy atom. The first-order valence-electron chi connectivity index (χ1n) is 8.12. The maximum atomic E-state index is 12.6. The van der Waals surface area contributed by atoms with Gasteiger partial charge in [0, 0.05) is 24.1 Å². The van der Waals surface area contributed by atoms with Crippen LogP contribution in [0.1, 0.15) is 42.9 Å². The van der Waals surface area contributed by atoms with Gasteiger partial charge in [0.25, 0.3) is 0 Å². The van der Waals surface area contributed by atoms with Gasteiger partial charge in [-0.3, -0.25) is 4.40 Å². The fourth-order valence-corrected chi connectivity index (χ4v) is 4.02. The third-order valence-corrected chi connectivity index (χ3v) is 5.27. The SMILES string of the molecule is Cc1nnc2ccc(C(=O)O[C@@H]3[C@H]4CCCO[C@H]4C3(C)C)cn12. The summed E-state index contributed by atoms with van der Waals surface area (Å²) in [5.41, 5.74) is 1.12. The molecule has 0 bridgehead atoms. The third kappa shape index (κ3) is 2.16. The van der Waals surface area contributed by atoms with Crippen molar-refractivity contribution in [3.8, 4) is 0 Å². The van der Waals surface area contributed by atoms with Gasteiger partial charge in [0.15, 0.2) is 5.65 Å². The molecular weight excluding hydrogens is 294 g/mol. The molecule has 1 aliphatic carbocycles. The summed E-state index contributed by atoms with van der Waals surface area (Å²) < 4.78 is 13.5. The van der Waals surface area contributed by atoms with E-state index in [0.29, 0.717) is 11.5 Å². The number of pyridine rings is 1. The van der Waals surface area contributed by atoms with Crippen LogP contribution in [0.4, 0.5) is 0 Å². The molecule has 2 fully saturated rings. The Morgan fingerprint density at radius 1 is 1.39 bits per heavy atom. The smallest absolute Gasteiger partial charge is 0.339 e. The number of fused-ring (bicyclic) bond motifs is 2. The molecule has 0 N–H and O–H groups in total. The molecule has 2 aromatic rings. The molecule has 0 amide bonds. The summed E-state index contributed by atoms with van der Waals surface area (Å²) in [4.78, 5) is 12.6. The van der Waals surface area contributed by atoms with Crippen LogP contribution in [0, 0.1) is 18.3 Å². The van der Waals surface area contributed by atoms with Crippen LogP contribution in [0.25, 0.3) is 5.65 Å². The third-order valence-electron chi connectivity index (χ3n) is 5.27. The first kappa shape index (κ1) is 14.6. The van der Waals surface area contributed by atoms with E-state index in [1.165, 1.54) is 0 Å². The highest BCUT2D eigenvalue weighted by atomic mass is 16.6. The molecule has 0 spiro atoms. The molecule has 6 nitrogen and oxygen atoms in total. The van der Waals surface area contributed by atoms with Gasteiger partial charge in [0.2, 0.25) is 0 Å². The van der Waals surface area contributed by atoms with Gasteiger partial charge in [-0.05, 0) is 31.9 Å². The van der Waals surface area contributed by atoms with Crippen molar-refractivity contribution in [2.24, 2.45) is 11.3 Å². The monoisotopic (exact) mass is 315 g/mol. The minimum atomic E-state index is -0.290. The van der Waals surface area contributed by atoms with E-state index in [9.17, 15) is 4.79 Å². The summed E-state index contributed by atoms with van der Waals surface area (Å²) in [5, 5.41) is 8.03. The van der Waals surface area contributed by atoms with E-state index in [1.54, 1.807) is 22.7 Å². The zero-order valence-electron chi connectivity index (χ0n) is 13.7. The van der Waals surface area contributed by atoms with Gasteiger partial charge in [-0.2, -0.15) is 0 Å². The van der Waals surface area contributed by atoms with Gasteiger partial charge in [0.05, 0.1) is 11.7 Å². The molecule has 122 valence electrons. The Hall–Kier alpha value is -1.95. The molecule has 2 aliphatic rings. The predicted octanol–water partition coefficient (Wildman–Crippen LogP) is 2.40. The largest absolute Gasteiger partial charge is 0.458 e. The fraction of sp³-hybridized carbons (Fsp3) is 0.588. The molecule has 0 aromatic carbocycles. The molecule has 2 aromatic heterocycles. The molecule has 3 heterocycles. The van der Waals surface area contributed by atoms with E-state index in [1.807, 2.05) is 6.92 Å². The number of nitrogens with zero attached hydrogens (tertiary/aromatic N) is 3. The lowest BCUT2D eigenvalue weighted by atomic mass is 9.57. The van der Waals surface area contributed by atoms with Crippen LogP contribution < -0.4 is 0 Å². The highest BCUT2D eigenvalue weighted by Gasteiger charge is 2.60. The molecule has 3 atom stereocenters. The standard InChI is InChI=1S/C17H21N3O3/c1-10-18-19-13-7-6-11(9-20(10)13)16(21)23-15-12-5-4-8-22-14(12)17(15,2)3/h6-7,9,12,14-15H,4-5,8H2,1-3H3/t12-,14+,15+/m0/s1. The predicted molar refractivity (Wildman–Crippen MR) is 83.2 cm³/mol. The van der Waals surface area contributed by atoms with Crippen LogP contribution >= 0.6 is 0 Å². The van der Waals surface area contributed by atoms with Crippen molar-refractivity contribution in [2.75, 3.05) is 6.61 Å². The van der Waals surface area contributed by atoms with Crippen molar-refractivity contribution in [3.05, 3.63) is 29.7 Å². The van der Waals surface area contributed by atoms with Gasteiger partial charge in [-0.1, -0.05) is 13.8 Å². The van der Waals surface area contributed by atoms with Crippen molar-refractivity contribution >= 4 is 11.6 Å². The van der Waals surface area contributed by atoms with Crippen molar-refractivity contribution < 1.29 is 14.3 Å². The van der Waals surface area contributed by atoms with Crippen molar-refractivity contribution in [3.63, 3.8) is 0 Å². The Labute approximate surface area is 134 Å². The van der Waals surface area contributed by atoms with E-state index in [2.05, 4.69) is 24.0 Å². The summed E-state index contributed by atoms with van der Waals surface area (Å²) in [7, 11) is 0. The second-order valence-corrected chi connectivity index (χ2v) is 7.14. The molecule has 6 heteroatoms. The summed E-state index contributed by atoms with van der Waals surface area (Å²) in [6.07, 6.45) is 3.97. The maximum absolute atomic E-state index is 12.6. The number of hydrogen-bond donors (Lipinski definition) is 0. The molecule has 0 radical (unpaired) electrons. The van der Waals surface area contributed by atoms with Crippen molar-refractivity contribution in [1.29, 1.82) is 0 Å². The number of aryl methyl sites for hydroxylation is 1. The summed E-state index contributed by atoms with van der Waals surface area (Å²) in [5.74, 6) is 0.782. The fourth-order valence-electron chi connectivity index (χ4n) is 4.02. The molecule has 4 rings (SSSR count). The number of aromatic nitrogens is 3. The lowest BCUT2D eigenvalue weighted by molar-refractivity contribution is -0.243. The van der Waals surface area contributed by atoms with Crippen molar-refractivity contribution in [1.82, 2.24) is 14.6 Å². The van der Waals surface area contributed by atoms with Crippen LogP contribution in [0.2, 0.25) is 0 Å². The Kier molecular flexibility index (Phi) is 3.20. The van der Waals surface area contributed by atoms with Gasteiger partial charge in [-0.15, -0.1) is 10.2 Å². The minimum Gasteiger partial charge on any atom is -0.458 e. The first-order chi connectivity index (χ1) is 11.0. The molecular formula is C17H21N3O3. The van der Waals surface area contributed by atoms with Gasteiger partial charge in [0.1, 0.15) is 11.9 Å². The number of rotatable bonds is 2. The molecule has 1 saturated heterocycles. The van der Waals surface area contributed by atoms with E-state index in [4.69, 9.17) is 9.47 Å².